The number of nitrogens with zero attached hydrogens (tertiary/aromatic N) is 2. The first-order chi connectivity index (χ1) is 9.08. The lowest BCUT2D eigenvalue weighted by Crippen LogP contribution is -2.59. The van der Waals surface area contributed by atoms with Gasteiger partial charge in [0.15, 0.2) is 0 Å². The maximum atomic E-state index is 12.2. The van der Waals surface area contributed by atoms with Crippen molar-refractivity contribution in [3.63, 3.8) is 0 Å². The minimum absolute atomic E-state index is 0.217. The summed E-state index contributed by atoms with van der Waals surface area (Å²) in [4.78, 5) is 16.8. The zero-order chi connectivity index (χ0) is 13.5. The van der Waals surface area contributed by atoms with Crippen molar-refractivity contribution in [2.24, 2.45) is 11.3 Å². The summed E-state index contributed by atoms with van der Waals surface area (Å²) >= 11 is 1.60. The van der Waals surface area contributed by atoms with E-state index in [9.17, 15) is 4.79 Å². The van der Waals surface area contributed by atoms with E-state index in [4.69, 9.17) is 0 Å². The molecule has 1 amide bonds. The molecular formula is C15H22N2OS. The Labute approximate surface area is 119 Å². The average molecular weight is 278 g/mol. The molecule has 1 spiro atoms. The van der Waals surface area contributed by atoms with Gasteiger partial charge in [-0.05, 0) is 30.3 Å². The van der Waals surface area contributed by atoms with Crippen molar-refractivity contribution in [3.05, 3.63) is 22.4 Å². The van der Waals surface area contributed by atoms with Gasteiger partial charge in [-0.3, -0.25) is 4.79 Å². The smallest absolute Gasteiger partial charge is 0.254 e. The average Bonchev–Trinajstić information content (AvgIpc) is 2.93. The number of carbonyl (C=O) groups is 1. The Hall–Kier alpha value is -0.870. The third-order valence-electron chi connectivity index (χ3n) is 4.25. The van der Waals surface area contributed by atoms with E-state index in [0.717, 1.165) is 24.6 Å². The standard InChI is InChI=1S/C15H22N2OS/c1-12(2)7-16-5-4-15(9-16)10-17(11-15)14(18)13-3-6-19-8-13/h3,6,8,12H,4-5,7,9-11H2,1-2H3. The molecule has 0 atom stereocenters. The zero-order valence-corrected chi connectivity index (χ0v) is 12.6. The van der Waals surface area contributed by atoms with E-state index in [2.05, 4.69) is 18.7 Å². The van der Waals surface area contributed by atoms with Crippen LogP contribution in [-0.2, 0) is 0 Å². The third-order valence-corrected chi connectivity index (χ3v) is 4.93. The molecule has 0 radical (unpaired) electrons. The summed E-state index contributed by atoms with van der Waals surface area (Å²) in [5, 5.41) is 3.93. The molecule has 104 valence electrons. The van der Waals surface area contributed by atoms with Crippen LogP contribution < -0.4 is 0 Å². The number of carbonyl (C=O) groups excluding carboxylic acids is 1. The molecule has 0 aromatic carbocycles. The number of hydrogen-bond acceptors (Lipinski definition) is 3. The fourth-order valence-corrected chi connectivity index (χ4v) is 4.06. The summed E-state index contributed by atoms with van der Waals surface area (Å²) < 4.78 is 0. The van der Waals surface area contributed by atoms with Crippen molar-refractivity contribution in [3.8, 4) is 0 Å². The van der Waals surface area contributed by atoms with Crippen LogP contribution in [0.4, 0.5) is 0 Å². The molecule has 1 aromatic rings. The van der Waals surface area contributed by atoms with Gasteiger partial charge in [0.1, 0.15) is 0 Å². The second kappa shape index (κ2) is 4.91. The predicted molar refractivity (Wildman–Crippen MR) is 78.6 cm³/mol. The SMILES string of the molecule is CC(C)CN1CCC2(C1)CN(C(=O)c1ccsc1)C2. The molecule has 2 aliphatic rings. The second-order valence-electron chi connectivity index (χ2n) is 6.55. The molecule has 2 saturated heterocycles. The topological polar surface area (TPSA) is 23.6 Å². The molecule has 0 aliphatic carbocycles. The Morgan fingerprint density at radius 3 is 2.84 bits per heavy atom. The molecule has 19 heavy (non-hydrogen) atoms. The lowest BCUT2D eigenvalue weighted by Gasteiger charge is -2.48. The van der Waals surface area contributed by atoms with Gasteiger partial charge in [-0.15, -0.1) is 0 Å². The van der Waals surface area contributed by atoms with Gasteiger partial charge >= 0.3 is 0 Å². The monoisotopic (exact) mass is 278 g/mol. The van der Waals surface area contributed by atoms with Gasteiger partial charge in [0.25, 0.3) is 5.91 Å². The zero-order valence-electron chi connectivity index (χ0n) is 11.8. The van der Waals surface area contributed by atoms with Gasteiger partial charge in [0.05, 0.1) is 5.56 Å². The molecule has 2 fully saturated rings. The molecule has 3 rings (SSSR count). The van der Waals surface area contributed by atoms with Crippen molar-refractivity contribution in [2.75, 3.05) is 32.7 Å². The molecular weight excluding hydrogens is 256 g/mol. The van der Waals surface area contributed by atoms with Crippen LogP contribution in [0.2, 0.25) is 0 Å². The first-order valence-electron chi connectivity index (χ1n) is 7.12. The van der Waals surface area contributed by atoms with Crippen LogP contribution in [0, 0.1) is 11.3 Å². The molecule has 1 aromatic heterocycles. The number of likely N-dealkylation sites (tertiary alicyclic amines) is 2. The van der Waals surface area contributed by atoms with Gasteiger partial charge < -0.3 is 9.80 Å². The fourth-order valence-electron chi connectivity index (χ4n) is 3.43. The molecule has 3 nitrogen and oxygen atoms in total. The summed E-state index contributed by atoms with van der Waals surface area (Å²) in [6.45, 7) is 10.0. The van der Waals surface area contributed by atoms with E-state index >= 15 is 0 Å². The van der Waals surface area contributed by atoms with Crippen molar-refractivity contribution in [1.82, 2.24) is 9.80 Å². The van der Waals surface area contributed by atoms with Gasteiger partial charge in [0.2, 0.25) is 0 Å². The first kappa shape index (κ1) is 13.1. The summed E-state index contributed by atoms with van der Waals surface area (Å²) in [5.41, 5.74) is 1.26. The highest BCUT2D eigenvalue weighted by Crippen LogP contribution is 2.40. The molecule has 4 heteroatoms. The summed E-state index contributed by atoms with van der Waals surface area (Å²) in [6.07, 6.45) is 1.26. The lowest BCUT2D eigenvalue weighted by molar-refractivity contribution is 0.0103. The minimum Gasteiger partial charge on any atom is -0.337 e. The maximum Gasteiger partial charge on any atom is 0.254 e. The van der Waals surface area contributed by atoms with Gasteiger partial charge in [-0.25, -0.2) is 0 Å². The van der Waals surface area contributed by atoms with E-state index in [-0.39, 0.29) is 5.91 Å². The number of rotatable bonds is 3. The number of hydrogen-bond donors (Lipinski definition) is 0. The second-order valence-corrected chi connectivity index (χ2v) is 7.33. The normalized spacial score (nSPS) is 22.2. The Kier molecular flexibility index (Phi) is 3.39. The van der Waals surface area contributed by atoms with Crippen molar-refractivity contribution < 1.29 is 4.79 Å². The van der Waals surface area contributed by atoms with Crippen LogP contribution >= 0.6 is 11.3 Å². The molecule has 3 heterocycles. The van der Waals surface area contributed by atoms with Crippen LogP contribution in [0.5, 0.6) is 0 Å². The van der Waals surface area contributed by atoms with E-state index < -0.39 is 0 Å². The highest BCUT2D eigenvalue weighted by atomic mass is 32.1. The molecule has 2 aliphatic heterocycles. The summed E-state index contributed by atoms with van der Waals surface area (Å²) in [7, 11) is 0. The van der Waals surface area contributed by atoms with Crippen LogP contribution in [0.15, 0.2) is 16.8 Å². The van der Waals surface area contributed by atoms with Gasteiger partial charge in [-0.1, -0.05) is 13.8 Å². The molecule has 0 bridgehead atoms. The summed E-state index contributed by atoms with van der Waals surface area (Å²) in [6, 6.07) is 1.93. The van der Waals surface area contributed by atoms with Gasteiger partial charge in [-0.2, -0.15) is 11.3 Å². The van der Waals surface area contributed by atoms with E-state index in [0.29, 0.717) is 5.41 Å². The van der Waals surface area contributed by atoms with Crippen LogP contribution in [-0.4, -0.2) is 48.4 Å². The first-order valence-corrected chi connectivity index (χ1v) is 8.06. The van der Waals surface area contributed by atoms with Crippen molar-refractivity contribution in [1.29, 1.82) is 0 Å². The van der Waals surface area contributed by atoms with Crippen molar-refractivity contribution in [2.45, 2.75) is 20.3 Å². The predicted octanol–water partition coefficient (Wildman–Crippen LogP) is 2.55. The van der Waals surface area contributed by atoms with Gasteiger partial charge in [0, 0.05) is 37.0 Å². The Morgan fingerprint density at radius 1 is 1.42 bits per heavy atom. The van der Waals surface area contributed by atoms with Crippen LogP contribution in [0.25, 0.3) is 0 Å². The minimum atomic E-state index is 0.217. The lowest BCUT2D eigenvalue weighted by atomic mass is 9.79. The Bertz CT molecular complexity index is 449. The molecule has 0 N–H and O–H groups in total. The Morgan fingerprint density at radius 2 is 2.21 bits per heavy atom. The highest BCUT2D eigenvalue weighted by Gasteiger charge is 2.49. The largest absolute Gasteiger partial charge is 0.337 e. The number of amides is 1. The van der Waals surface area contributed by atoms with Crippen LogP contribution in [0.1, 0.15) is 30.6 Å². The highest BCUT2D eigenvalue weighted by molar-refractivity contribution is 7.08. The van der Waals surface area contributed by atoms with E-state index in [1.54, 1.807) is 11.3 Å². The van der Waals surface area contributed by atoms with Crippen molar-refractivity contribution >= 4 is 17.2 Å². The van der Waals surface area contributed by atoms with E-state index in [1.165, 1.54) is 26.1 Å². The van der Waals surface area contributed by atoms with Crippen LogP contribution in [0.3, 0.4) is 0 Å². The molecule has 0 saturated carbocycles. The third kappa shape index (κ3) is 2.56. The maximum absolute atomic E-state index is 12.2. The Balaban J connectivity index is 1.54. The van der Waals surface area contributed by atoms with E-state index in [1.807, 2.05) is 21.7 Å². The fraction of sp³-hybridized carbons (Fsp3) is 0.667. The quantitative estimate of drug-likeness (QED) is 0.848. The summed E-state index contributed by atoms with van der Waals surface area (Å²) in [5.74, 6) is 0.952. The molecule has 0 unspecified atom stereocenters. The number of thiophene rings is 1.